The number of fused-ring (bicyclic) bond motifs is 1. The summed E-state index contributed by atoms with van der Waals surface area (Å²) in [4.78, 5) is 6.82. The number of benzene rings is 1. The Bertz CT molecular complexity index is 569. The predicted molar refractivity (Wildman–Crippen MR) is 86.8 cm³/mol. The van der Waals surface area contributed by atoms with Crippen molar-refractivity contribution in [3.8, 4) is 0 Å². The second kappa shape index (κ2) is 7.43. The highest BCUT2D eigenvalue weighted by Gasteiger charge is 2.16. The van der Waals surface area contributed by atoms with Gasteiger partial charge in [-0.1, -0.05) is 25.1 Å². The molecule has 1 N–H and O–H groups in total. The number of rotatable bonds is 4. The van der Waals surface area contributed by atoms with Gasteiger partial charge in [-0.2, -0.15) is 5.10 Å². The van der Waals surface area contributed by atoms with Gasteiger partial charge in [0.25, 0.3) is 0 Å². The zero-order valence-electron chi connectivity index (χ0n) is 12.3. The largest absolute Gasteiger partial charge is 0.362 e. The molecule has 0 atom stereocenters. The van der Waals surface area contributed by atoms with Crippen molar-refractivity contribution in [2.75, 3.05) is 18.0 Å². The van der Waals surface area contributed by atoms with Crippen LogP contribution in [-0.2, 0) is 19.6 Å². The first-order valence-corrected chi connectivity index (χ1v) is 7.28. The average Bonchev–Trinajstić information content (AvgIpc) is 2.80. The van der Waals surface area contributed by atoms with Gasteiger partial charge in [-0.25, -0.2) is 9.67 Å². The first-order valence-electron chi connectivity index (χ1n) is 7.28. The monoisotopic (exact) mass is 307 g/mol. The number of aryl methyl sites for hydroxylation is 1. The molecule has 0 unspecified atom stereocenters. The Kier molecular flexibility index (Phi) is 5.59. The highest BCUT2D eigenvalue weighted by Crippen LogP contribution is 2.23. The number of hydrogen-bond donors (Lipinski definition) is 1. The van der Waals surface area contributed by atoms with Gasteiger partial charge in [-0.05, 0) is 18.1 Å². The average molecular weight is 308 g/mol. The van der Waals surface area contributed by atoms with Gasteiger partial charge in [0.05, 0.1) is 6.54 Å². The van der Waals surface area contributed by atoms with Crippen LogP contribution in [0.2, 0.25) is 0 Å². The van der Waals surface area contributed by atoms with Crippen molar-refractivity contribution in [2.24, 2.45) is 0 Å². The molecule has 1 aliphatic rings. The van der Waals surface area contributed by atoms with Gasteiger partial charge in [-0.3, -0.25) is 0 Å². The van der Waals surface area contributed by atoms with Crippen LogP contribution in [0.5, 0.6) is 0 Å². The molecule has 2 aromatic rings. The van der Waals surface area contributed by atoms with Crippen LogP contribution in [-0.4, -0.2) is 27.9 Å². The number of halogens is 1. The van der Waals surface area contributed by atoms with Crippen LogP contribution in [0.1, 0.15) is 24.7 Å². The van der Waals surface area contributed by atoms with Gasteiger partial charge >= 0.3 is 0 Å². The van der Waals surface area contributed by atoms with Crippen molar-refractivity contribution in [2.45, 2.75) is 33.0 Å². The summed E-state index contributed by atoms with van der Waals surface area (Å²) in [6.45, 7) is 6.85. The van der Waals surface area contributed by atoms with E-state index >= 15 is 0 Å². The van der Waals surface area contributed by atoms with Crippen molar-refractivity contribution in [1.82, 2.24) is 20.1 Å². The molecule has 0 fully saturated rings. The molecular weight excluding hydrogens is 286 g/mol. The van der Waals surface area contributed by atoms with Gasteiger partial charge in [0, 0.05) is 31.9 Å². The summed E-state index contributed by atoms with van der Waals surface area (Å²) in [5.74, 6) is 1.04. The van der Waals surface area contributed by atoms with Gasteiger partial charge in [0.2, 0.25) is 0 Å². The molecule has 0 bridgehead atoms. The standard InChI is InChI=1S/C15H21N5.ClH/c1-2-8-20-15(17-12-18-20)11-19-9-7-16-10-13-5-3-4-6-14(13)19;/h3-6,12,16H,2,7-11H2,1H3;1H. The molecule has 0 spiro atoms. The van der Waals surface area contributed by atoms with E-state index in [1.807, 2.05) is 4.68 Å². The summed E-state index contributed by atoms with van der Waals surface area (Å²) in [5, 5.41) is 7.78. The zero-order chi connectivity index (χ0) is 13.8. The number of para-hydroxylation sites is 1. The maximum atomic E-state index is 4.42. The predicted octanol–water partition coefficient (Wildman–Crippen LogP) is 2.22. The lowest BCUT2D eigenvalue weighted by Crippen LogP contribution is -2.29. The normalized spacial score (nSPS) is 14.2. The molecule has 21 heavy (non-hydrogen) atoms. The lowest BCUT2D eigenvalue weighted by Gasteiger charge is -2.24. The van der Waals surface area contributed by atoms with E-state index in [9.17, 15) is 0 Å². The Hall–Kier alpha value is -1.59. The van der Waals surface area contributed by atoms with E-state index in [0.717, 1.165) is 45.0 Å². The van der Waals surface area contributed by atoms with Gasteiger partial charge in [0.1, 0.15) is 12.2 Å². The molecule has 2 heterocycles. The fraction of sp³-hybridized carbons (Fsp3) is 0.467. The van der Waals surface area contributed by atoms with E-state index in [4.69, 9.17) is 0 Å². The molecule has 1 aromatic carbocycles. The van der Waals surface area contributed by atoms with E-state index < -0.39 is 0 Å². The Balaban J connectivity index is 0.00000161. The minimum absolute atomic E-state index is 0. The third-order valence-electron chi connectivity index (χ3n) is 3.67. The number of nitrogens with one attached hydrogen (secondary N) is 1. The van der Waals surface area contributed by atoms with Crippen LogP contribution < -0.4 is 10.2 Å². The van der Waals surface area contributed by atoms with Gasteiger partial charge < -0.3 is 10.2 Å². The highest BCUT2D eigenvalue weighted by atomic mass is 35.5. The molecule has 0 saturated carbocycles. The summed E-state index contributed by atoms with van der Waals surface area (Å²) < 4.78 is 2.01. The second-order valence-electron chi connectivity index (χ2n) is 5.13. The van der Waals surface area contributed by atoms with E-state index in [2.05, 4.69) is 51.5 Å². The molecule has 114 valence electrons. The van der Waals surface area contributed by atoms with E-state index in [0.29, 0.717) is 0 Å². The van der Waals surface area contributed by atoms with Crippen LogP contribution in [0.3, 0.4) is 0 Å². The molecule has 6 heteroatoms. The maximum absolute atomic E-state index is 4.42. The van der Waals surface area contributed by atoms with Crippen LogP contribution in [0.4, 0.5) is 5.69 Å². The Morgan fingerprint density at radius 3 is 3.00 bits per heavy atom. The van der Waals surface area contributed by atoms with Crippen LogP contribution in [0, 0.1) is 0 Å². The Morgan fingerprint density at radius 2 is 2.14 bits per heavy atom. The van der Waals surface area contributed by atoms with E-state index in [-0.39, 0.29) is 12.4 Å². The first-order chi connectivity index (χ1) is 9.88. The minimum Gasteiger partial charge on any atom is -0.362 e. The highest BCUT2D eigenvalue weighted by molar-refractivity contribution is 5.85. The minimum atomic E-state index is 0. The van der Waals surface area contributed by atoms with Gasteiger partial charge in [-0.15, -0.1) is 12.4 Å². The van der Waals surface area contributed by atoms with Gasteiger partial charge in [0.15, 0.2) is 0 Å². The lowest BCUT2D eigenvalue weighted by atomic mass is 10.1. The van der Waals surface area contributed by atoms with Crippen LogP contribution >= 0.6 is 12.4 Å². The molecule has 0 amide bonds. The summed E-state index contributed by atoms with van der Waals surface area (Å²) in [5.41, 5.74) is 2.66. The second-order valence-corrected chi connectivity index (χ2v) is 5.13. The molecule has 1 aliphatic heterocycles. The number of anilines is 1. The topological polar surface area (TPSA) is 46.0 Å². The molecule has 0 radical (unpaired) electrons. The quantitative estimate of drug-likeness (QED) is 0.941. The third-order valence-corrected chi connectivity index (χ3v) is 3.67. The Labute approximate surface area is 131 Å². The van der Waals surface area contributed by atoms with Crippen molar-refractivity contribution < 1.29 is 0 Å². The van der Waals surface area contributed by atoms with Crippen molar-refractivity contribution in [3.05, 3.63) is 42.0 Å². The fourth-order valence-electron chi connectivity index (χ4n) is 2.67. The SMILES string of the molecule is CCCn1ncnc1CN1CCNCc2ccccc21.Cl. The van der Waals surface area contributed by atoms with E-state index in [1.165, 1.54) is 11.3 Å². The lowest BCUT2D eigenvalue weighted by molar-refractivity contribution is 0.560. The summed E-state index contributed by atoms with van der Waals surface area (Å²) >= 11 is 0. The van der Waals surface area contributed by atoms with Crippen LogP contribution in [0.15, 0.2) is 30.6 Å². The summed E-state index contributed by atoms with van der Waals surface area (Å²) in [6, 6.07) is 8.60. The smallest absolute Gasteiger partial charge is 0.146 e. The molecular formula is C15H22ClN5. The Morgan fingerprint density at radius 1 is 1.29 bits per heavy atom. The van der Waals surface area contributed by atoms with Crippen LogP contribution in [0.25, 0.3) is 0 Å². The molecule has 0 aliphatic carbocycles. The summed E-state index contributed by atoms with van der Waals surface area (Å²) in [7, 11) is 0. The number of hydrogen-bond acceptors (Lipinski definition) is 4. The molecule has 3 rings (SSSR count). The zero-order valence-corrected chi connectivity index (χ0v) is 13.1. The van der Waals surface area contributed by atoms with Crippen molar-refractivity contribution >= 4 is 18.1 Å². The summed E-state index contributed by atoms with van der Waals surface area (Å²) in [6.07, 6.45) is 2.74. The fourth-order valence-corrected chi connectivity index (χ4v) is 2.67. The van der Waals surface area contributed by atoms with Crippen molar-refractivity contribution in [1.29, 1.82) is 0 Å². The molecule has 0 saturated heterocycles. The number of aromatic nitrogens is 3. The third kappa shape index (κ3) is 3.54. The molecule has 5 nitrogen and oxygen atoms in total. The van der Waals surface area contributed by atoms with E-state index in [1.54, 1.807) is 6.33 Å². The van der Waals surface area contributed by atoms with Crippen molar-refractivity contribution in [3.63, 3.8) is 0 Å². The molecule has 1 aromatic heterocycles. The maximum Gasteiger partial charge on any atom is 0.146 e. The first kappa shape index (κ1) is 15.8. The number of nitrogens with zero attached hydrogens (tertiary/aromatic N) is 4.